The average Bonchev–Trinajstić information content (AvgIpc) is 3.32. The Morgan fingerprint density at radius 3 is 2.84 bits per heavy atom. The van der Waals surface area contributed by atoms with Crippen LogP contribution in [0.2, 0.25) is 0 Å². The first kappa shape index (κ1) is 18.7. The number of nitrogens with one attached hydrogen (secondary N) is 1. The molecule has 138 valence electrons. The molecule has 0 spiro atoms. The van der Waals surface area contributed by atoms with E-state index in [0.29, 0.717) is 11.8 Å². The lowest BCUT2D eigenvalue weighted by molar-refractivity contribution is -0.128. The first-order chi connectivity index (χ1) is 11.8. The van der Waals surface area contributed by atoms with E-state index in [0.717, 1.165) is 36.6 Å². The fraction of sp³-hybridized carbons (Fsp3) is 0.611. The molecule has 5 nitrogen and oxygen atoms in total. The summed E-state index contributed by atoms with van der Waals surface area (Å²) in [6.07, 6.45) is 6.32. The fourth-order valence-corrected chi connectivity index (χ4v) is 4.93. The number of fused-ring (bicyclic) bond motifs is 1. The van der Waals surface area contributed by atoms with E-state index in [1.165, 1.54) is 25.7 Å². The van der Waals surface area contributed by atoms with Crippen molar-refractivity contribution in [3.8, 4) is 11.5 Å². The van der Waals surface area contributed by atoms with Crippen molar-refractivity contribution in [2.24, 2.45) is 0 Å². The summed E-state index contributed by atoms with van der Waals surface area (Å²) in [6.45, 7) is 2.09. The van der Waals surface area contributed by atoms with E-state index in [1.807, 2.05) is 23.1 Å². The van der Waals surface area contributed by atoms with Gasteiger partial charge in [0.1, 0.15) is 5.37 Å². The first-order valence-corrected chi connectivity index (χ1v) is 9.90. The maximum absolute atomic E-state index is 12.3. The number of benzene rings is 1. The van der Waals surface area contributed by atoms with Crippen molar-refractivity contribution in [2.45, 2.75) is 43.5 Å². The average molecular weight is 385 g/mol. The molecule has 2 fully saturated rings. The van der Waals surface area contributed by atoms with Crippen LogP contribution in [0.5, 0.6) is 11.5 Å². The molecule has 1 amide bonds. The summed E-state index contributed by atoms with van der Waals surface area (Å²) < 4.78 is 10.8. The molecule has 1 atom stereocenters. The summed E-state index contributed by atoms with van der Waals surface area (Å²) in [4.78, 5) is 14.3. The second-order valence-electron chi connectivity index (χ2n) is 6.65. The zero-order valence-corrected chi connectivity index (χ0v) is 15.9. The number of hydrogen-bond acceptors (Lipinski definition) is 5. The van der Waals surface area contributed by atoms with Crippen LogP contribution in [0.1, 0.15) is 43.0 Å². The van der Waals surface area contributed by atoms with E-state index in [9.17, 15) is 4.79 Å². The number of ether oxygens (including phenoxy) is 2. The molecule has 2 heterocycles. The zero-order chi connectivity index (χ0) is 16.4. The van der Waals surface area contributed by atoms with Crippen molar-refractivity contribution < 1.29 is 14.3 Å². The highest BCUT2D eigenvalue weighted by atomic mass is 35.5. The van der Waals surface area contributed by atoms with Gasteiger partial charge in [-0.2, -0.15) is 0 Å². The van der Waals surface area contributed by atoms with Gasteiger partial charge < -0.3 is 19.7 Å². The number of amides is 1. The van der Waals surface area contributed by atoms with Gasteiger partial charge in [-0.1, -0.05) is 18.9 Å². The molecule has 1 aliphatic carbocycles. The van der Waals surface area contributed by atoms with Gasteiger partial charge in [0, 0.05) is 12.6 Å². The zero-order valence-electron chi connectivity index (χ0n) is 14.2. The van der Waals surface area contributed by atoms with Crippen molar-refractivity contribution in [1.82, 2.24) is 10.2 Å². The van der Waals surface area contributed by atoms with Gasteiger partial charge in [-0.25, -0.2) is 0 Å². The van der Waals surface area contributed by atoms with E-state index >= 15 is 0 Å². The Kier molecular flexibility index (Phi) is 6.36. The lowest BCUT2D eigenvalue weighted by Gasteiger charge is -2.25. The van der Waals surface area contributed by atoms with Crippen LogP contribution in [-0.2, 0) is 4.79 Å². The third kappa shape index (κ3) is 4.18. The highest BCUT2D eigenvalue weighted by Crippen LogP contribution is 2.42. The first-order valence-electron chi connectivity index (χ1n) is 8.85. The summed E-state index contributed by atoms with van der Waals surface area (Å²) in [5.74, 6) is 2.38. The lowest BCUT2D eigenvalue weighted by Crippen LogP contribution is -2.33. The van der Waals surface area contributed by atoms with Crippen LogP contribution in [0.3, 0.4) is 0 Å². The number of halogens is 1. The summed E-state index contributed by atoms with van der Waals surface area (Å²) >= 11 is 1.70. The van der Waals surface area contributed by atoms with Crippen molar-refractivity contribution in [3.05, 3.63) is 23.8 Å². The minimum atomic E-state index is 0. The molecule has 2 aliphatic heterocycles. The molecule has 0 bridgehead atoms. The molecular formula is C18H25ClN2O3S. The van der Waals surface area contributed by atoms with Gasteiger partial charge in [-0.3, -0.25) is 4.79 Å². The summed E-state index contributed by atoms with van der Waals surface area (Å²) in [5, 5.41) is 3.72. The molecule has 25 heavy (non-hydrogen) atoms. The van der Waals surface area contributed by atoms with Crippen LogP contribution >= 0.6 is 24.2 Å². The van der Waals surface area contributed by atoms with E-state index in [2.05, 4.69) is 5.32 Å². The molecule has 0 radical (unpaired) electrons. The Morgan fingerprint density at radius 2 is 2.00 bits per heavy atom. The van der Waals surface area contributed by atoms with Crippen molar-refractivity contribution >= 4 is 30.1 Å². The molecule has 1 aromatic rings. The van der Waals surface area contributed by atoms with E-state index < -0.39 is 0 Å². The van der Waals surface area contributed by atoms with Crippen LogP contribution in [0, 0.1) is 0 Å². The third-order valence-corrected chi connectivity index (χ3v) is 6.27. The lowest BCUT2D eigenvalue weighted by atomic mass is 10.1. The van der Waals surface area contributed by atoms with E-state index in [4.69, 9.17) is 9.47 Å². The van der Waals surface area contributed by atoms with Gasteiger partial charge in [-0.05, 0) is 43.5 Å². The van der Waals surface area contributed by atoms with Crippen molar-refractivity contribution in [2.75, 3.05) is 25.6 Å². The predicted octanol–water partition coefficient (Wildman–Crippen LogP) is 3.33. The van der Waals surface area contributed by atoms with Crippen molar-refractivity contribution in [1.29, 1.82) is 0 Å². The molecule has 3 aliphatic rings. The number of thioether (sulfide) groups is 1. The minimum absolute atomic E-state index is 0. The number of carbonyl (C=O) groups excluding carboxylic acids is 1. The SMILES string of the molecule is Cl.O=C1CSC(c2ccc3c(c2)OCO3)N1CCCNC1CCCC1. The number of hydrogen-bond donors (Lipinski definition) is 1. The highest BCUT2D eigenvalue weighted by Gasteiger charge is 2.33. The highest BCUT2D eigenvalue weighted by molar-refractivity contribution is 8.00. The molecule has 1 saturated carbocycles. The van der Waals surface area contributed by atoms with Gasteiger partial charge in [-0.15, -0.1) is 24.2 Å². The topological polar surface area (TPSA) is 50.8 Å². The third-order valence-electron chi connectivity index (χ3n) is 5.01. The molecule has 1 unspecified atom stereocenters. The number of carbonyl (C=O) groups is 1. The maximum atomic E-state index is 12.3. The van der Waals surface area contributed by atoms with Crippen LogP contribution in [0.15, 0.2) is 18.2 Å². The minimum Gasteiger partial charge on any atom is -0.454 e. The van der Waals surface area contributed by atoms with Gasteiger partial charge in [0.05, 0.1) is 5.75 Å². The molecule has 1 N–H and O–H groups in total. The molecule has 0 aromatic heterocycles. The monoisotopic (exact) mass is 384 g/mol. The summed E-state index contributed by atoms with van der Waals surface area (Å²) in [6, 6.07) is 6.70. The van der Waals surface area contributed by atoms with Crippen LogP contribution in [0.4, 0.5) is 0 Å². The Hall–Kier alpha value is -1.11. The van der Waals surface area contributed by atoms with Gasteiger partial charge >= 0.3 is 0 Å². The number of nitrogens with zero attached hydrogens (tertiary/aromatic N) is 1. The molecule has 1 saturated heterocycles. The normalized spacial score (nSPS) is 22.5. The van der Waals surface area contributed by atoms with Crippen LogP contribution in [0.25, 0.3) is 0 Å². The Balaban J connectivity index is 0.00000182. The maximum Gasteiger partial charge on any atom is 0.233 e. The van der Waals surface area contributed by atoms with Crippen LogP contribution < -0.4 is 14.8 Å². The van der Waals surface area contributed by atoms with Gasteiger partial charge in [0.15, 0.2) is 11.5 Å². The van der Waals surface area contributed by atoms with Crippen molar-refractivity contribution in [3.63, 3.8) is 0 Å². The predicted molar refractivity (Wildman–Crippen MR) is 102 cm³/mol. The second-order valence-corrected chi connectivity index (χ2v) is 7.72. The summed E-state index contributed by atoms with van der Waals surface area (Å²) in [5.41, 5.74) is 1.12. The smallest absolute Gasteiger partial charge is 0.233 e. The summed E-state index contributed by atoms with van der Waals surface area (Å²) in [7, 11) is 0. The Labute approximate surface area is 159 Å². The number of rotatable bonds is 6. The fourth-order valence-electron chi connectivity index (χ4n) is 3.72. The van der Waals surface area contributed by atoms with Crippen LogP contribution in [-0.4, -0.2) is 42.5 Å². The molecule has 7 heteroatoms. The Bertz CT molecular complexity index is 610. The second kappa shape index (κ2) is 8.52. The standard InChI is InChI=1S/C18H24N2O3S.ClH/c21-17-11-24-18(13-6-7-15-16(10-13)23-12-22-15)20(17)9-3-8-19-14-4-1-2-5-14;/h6-7,10,14,18-19H,1-5,8-9,11-12H2;1H. The van der Waals surface area contributed by atoms with Gasteiger partial charge in [0.25, 0.3) is 0 Å². The molecular weight excluding hydrogens is 360 g/mol. The Morgan fingerprint density at radius 1 is 1.20 bits per heavy atom. The largest absolute Gasteiger partial charge is 0.454 e. The van der Waals surface area contributed by atoms with E-state index in [1.54, 1.807) is 11.8 Å². The van der Waals surface area contributed by atoms with E-state index in [-0.39, 0.29) is 30.5 Å². The molecule has 1 aromatic carbocycles. The molecule has 4 rings (SSSR count). The van der Waals surface area contributed by atoms with Gasteiger partial charge in [0.2, 0.25) is 12.7 Å². The quantitative estimate of drug-likeness (QED) is 0.762.